The zero-order valence-corrected chi connectivity index (χ0v) is 39.2. The van der Waals surface area contributed by atoms with E-state index in [1.807, 2.05) is 11.3 Å². The molecule has 70 heavy (non-hydrogen) atoms. The van der Waals surface area contributed by atoms with Gasteiger partial charge in [0.25, 0.3) is 0 Å². The summed E-state index contributed by atoms with van der Waals surface area (Å²) in [7, 11) is 0. The second-order valence-electron chi connectivity index (χ2n) is 18.0. The van der Waals surface area contributed by atoms with Crippen LogP contribution in [-0.2, 0) is 0 Å². The first kappa shape index (κ1) is 41.4. The number of rotatable bonds is 9. The van der Waals surface area contributed by atoms with E-state index in [9.17, 15) is 0 Å². The fourth-order valence-corrected chi connectivity index (χ4v) is 11.8. The van der Waals surface area contributed by atoms with Crippen LogP contribution in [0, 0.1) is 0 Å². The molecular formula is C68H45NS. The number of fused-ring (bicyclic) bond motifs is 6. The van der Waals surface area contributed by atoms with Crippen LogP contribution in [0.15, 0.2) is 273 Å². The van der Waals surface area contributed by atoms with Crippen LogP contribution in [0.5, 0.6) is 0 Å². The highest BCUT2D eigenvalue weighted by molar-refractivity contribution is 7.26. The molecule has 0 spiro atoms. The van der Waals surface area contributed by atoms with Gasteiger partial charge in [-0.2, -0.15) is 0 Å². The highest BCUT2D eigenvalue weighted by atomic mass is 32.1. The molecule has 0 N–H and O–H groups in total. The van der Waals surface area contributed by atoms with Crippen molar-refractivity contribution < 1.29 is 0 Å². The van der Waals surface area contributed by atoms with E-state index in [0.717, 1.165) is 33.8 Å². The van der Waals surface area contributed by atoms with Crippen molar-refractivity contribution in [2.45, 2.75) is 0 Å². The number of anilines is 3. The molecule has 2 heteroatoms. The molecular weight excluding hydrogens is 863 g/mol. The van der Waals surface area contributed by atoms with E-state index in [1.54, 1.807) is 0 Å². The quantitative estimate of drug-likeness (QED) is 0.130. The Bertz CT molecular complexity index is 3970. The van der Waals surface area contributed by atoms with Gasteiger partial charge in [-0.15, -0.1) is 11.3 Å². The van der Waals surface area contributed by atoms with Gasteiger partial charge in [-0.3, -0.25) is 0 Å². The lowest BCUT2D eigenvalue weighted by molar-refractivity contribution is 1.28. The summed E-state index contributed by atoms with van der Waals surface area (Å²) in [5.41, 5.74) is 17.6. The van der Waals surface area contributed by atoms with Crippen molar-refractivity contribution in [1.82, 2.24) is 0 Å². The first-order valence-electron chi connectivity index (χ1n) is 24.0. The van der Waals surface area contributed by atoms with Crippen LogP contribution in [0.1, 0.15) is 0 Å². The normalized spacial score (nSPS) is 11.4. The summed E-state index contributed by atoms with van der Waals surface area (Å²) in [5.74, 6) is 0. The van der Waals surface area contributed by atoms with Crippen molar-refractivity contribution in [1.29, 1.82) is 0 Å². The predicted molar refractivity (Wildman–Crippen MR) is 302 cm³/mol. The van der Waals surface area contributed by atoms with E-state index < -0.39 is 0 Å². The number of hydrogen-bond donors (Lipinski definition) is 0. The van der Waals surface area contributed by atoms with Gasteiger partial charge >= 0.3 is 0 Å². The number of benzene rings is 12. The van der Waals surface area contributed by atoms with Crippen LogP contribution in [-0.4, -0.2) is 0 Å². The van der Waals surface area contributed by atoms with Crippen LogP contribution in [0.25, 0.3) is 108 Å². The van der Waals surface area contributed by atoms with Gasteiger partial charge in [0.2, 0.25) is 0 Å². The summed E-state index contributed by atoms with van der Waals surface area (Å²) in [6, 6.07) is 100.0. The Labute approximate surface area is 412 Å². The maximum Gasteiger partial charge on any atom is 0.0473 e. The van der Waals surface area contributed by atoms with Gasteiger partial charge in [0, 0.05) is 37.2 Å². The summed E-state index contributed by atoms with van der Waals surface area (Å²) >= 11 is 1.88. The Morgan fingerprint density at radius 1 is 0.229 bits per heavy atom. The summed E-state index contributed by atoms with van der Waals surface area (Å²) in [4.78, 5) is 2.43. The van der Waals surface area contributed by atoms with Crippen molar-refractivity contribution in [3.8, 4) is 66.8 Å². The zero-order chi connectivity index (χ0) is 46.4. The smallest absolute Gasteiger partial charge is 0.0473 e. The third-order valence-corrected chi connectivity index (χ3v) is 15.0. The number of hydrogen-bond acceptors (Lipinski definition) is 2. The van der Waals surface area contributed by atoms with Crippen LogP contribution < -0.4 is 4.90 Å². The molecule has 0 aliphatic carbocycles. The minimum absolute atomic E-state index is 1.08. The molecule has 328 valence electrons. The second kappa shape index (κ2) is 17.7. The Morgan fingerprint density at radius 2 is 0.700 bits per heavy atom. The van der Waals surface area contributed by atoms with Gasteiger partial charge in [0.05, 0.1) is 0 Å². The first-order valence-corrected chi connectivity index (χ1v) is 24.8. The largest absolute Gasteiger partial charge is 0.310 e. The number of nitrogens with zero attached hydrogens (tertiary/aromatic N) is 1. The van der Waals surface area contributed by atoms with E-state index in [0.29, 0.717) is 0 Å². The standard InChI is InChI=1S/C68H45NS/c1-5-19-46(20-6-1)53-41-54(47-21-7-2-8-22-47)44-57(43-53)69(56-28-17-27-52(42-56)58-32-18-33-63-61-30-15-16-34-65(61)70-68(58)63)55-38-35-48(36-39-55)51-37-40-60-59-29-13-14-31-62(59)66(49-23-9-3-10-24-49)67(64(60)45-51)50-25-11-4-12-26-50/h1-45H. The lowest BCUT2D eigenvalue weighted by Gasteiger charge is -2.27. The van der Waals surface area contributed by atoms with E-state index >= 15 is 0 Å². The molecule has 1 aromatic heterocycles. The zero-order valence-electron chi connectivity index (χ0n) is 38.3. The Morgan fingerprint density at radius 3 is 1.36 bits per heavy atom. The number of thiophene rings is 1. The molecule has 0 radical (unpaired) electrons. The van der Waals surface area contributed by atoms with Crippen molar-refractivity contribution in [2.24, 2.45) is 0 Å². The molecule has 0 atom stereocenters. The molecule has 0 saturated carbocycles. The van der Waals surface area contributed by atoms with E-state index in [1.165, 1.54) is 91.8 Å². The van der Waals surface area contributed by atoms with Gasteiger partial charge in [0.15, 0.2) is 0 Å². The maximum atomic E-state index is 2.43. The molecule has 0 aliphatic rings. The highest BCUT2D eigenvalue weighted by Gasteiger charge is 2.21. The molecule has 1 heterocycles. The molecule has 13 rings (SSSR count). The molecule has 1 nitrogen and oxygen atoms in total. The van der Waals surface area contributed by atoms with Gasteiger partial charge in [-0.1, -0.05) is 218 Å². The van der Waals surface area contributed by atoms with Crippen LogP contribution in [0.4, 0.5) is 17.1 Å². The molecule has 0 amide bonds. The van der Waals surface area contributed by atoms with Crippen molar-refractivity contribution in [3.63, 3.8) is 0 Å². The van der Waals surface area contributed by atoms with Crippen molar-refractivity contribution >= 4 is 70.1 Å². The van der Waals surface area contributed by atoms with E-state index in [-0.39, 0.29) is 0 Å². The SMILES string of the molecule is c1ccc(-c2cc(-c3ccccc3)cc(N(c3ccc(-c4ccc5c(c4)c(-c4ccccc4)c(-c4ccccc4)c4ccccc45)cc3)c3cccc(-c4cccc5c4sc4ccccc45)c3)c2)cc1. The minimum Gasteiger partial charge on any atom is -0.310 e. The highest BCUT2D eigenvalue weighted by Crippen LogP contribution is 2.47. The van der Waals surface area contributed by atoms with Crippen LogP contribution >= 0.6 is 11.3 Å². The molecule has 0 fully saturated rings. The Kier molecular flexibility index (Phi) is 10.5. The Hall–Kier alpha value is -8.82. The molecule has 0 unspecified atom stereocenters. The fraction of sp³-hybridized carbons (Fsp3) is 0. The molecule has 13 aromatic rings. The van der Waals surface area contributed by atoms with Crippen LogP contribution in [0.2, 0.25) is 0 Å². The first-order chi connectivity index (χ1) is 34.7. The Balaban J connectivity index is 0.992. The van der Waals surface area contributed by atoms with Gasteiger partial charge in [0.1, 0.15) is 0 Å². The summed E-state index contributed by atoms with van der Waals surface area (Å²) in [6.07, 6.45) is 0. The second-order valence-corrected chi connectivity index (χ2v) is 19.1. The van der Waals surface area contributed by atoms with E-state index in [4.69, 9.17) is 0 Å². The molecule has 0 bridgehead atoms. The summed E-state index contributed by atoms with van der Waals surface area (Å²) < 4.78 is 2.62. The van der Waals surface area contributed by atoms with E-state index in [2.05, 4.69) is 278 Å². The van der Waals surface area contributed by atoms with Crippen LogP contribution in [0.3, 0.4) is 0 Å². The van der Waals surface area contributed by atoms with Crippen molar-refractivity contribution in [2.75, 3.05) is 4.90 Å². The average Bonchev–Trinajstić information content (AvgIpc) is 3.83. The van der Waals surface area contributed by atoms with Gasteiger partial charge < -0.3 is 4.90 Å². The average molecular weight is 908 g/mol. The van der Waals surface area contributed by atoms with Gasteiger partial charge in [-0.25, -0.2) is 0 Å². The molecule has 0 saturated heterocycles. The monoisotopic (exact) mass is 907 g/mol. The summed E-state index contributed by atoms with van der Waals surface area (Å²) in [6.45, 7) is 0. The van der Waals surface area contributed by atoms with Crippen molar-refractivity contribution in [3.05, 3.63) is 273 Å². The minimum atomic E-state index is 1.08. The lowest BCUT2D eigenvalue weighted by Crippen LogP contribution is -2.10. The third kappa shape index (κ3) is 7.43. The maximum absolute atomic E-state index is 2.43. The molecule has 0 aliphatic heterocycles. The van der Waals surface area contributed by atoms with Gasteiger partial charge in [-0.05, 0) is 143 Å². The molecule has 12 aromatic carbocycles. The third-order valence-electron chi connectivity index (χ3n) is 13.8. The topological polar surface area (TPSA) is 3.24 Å². The lowest BCUT2D eigenvalue weighted by atomic mass is 9.84. The summed E-state index contributed by atoms with van der Waals surface area (Å²) in [5, 5.41) is 7.61. The fourth-order valence-electron chi connectivity index (χ4n) is 10.6. The predicted octanol–water partition coefficient (Wildman–Crippen LogP) is 19.8.